The van der Waals surface area contributed by atoms with Crippen molar-refractivity contribution in [1.29, 1.82) is 0 Å². The molecule has 8 heteroatoms. The molecule has 4 rings (SSSR count). The van der Waals surface area contributed by atoms with Crippen LogP contribution in [0.15, 0.2) is 30.3 Å². The van der Waals surface area contributed by atoms with E-state index in [0.717, 1.165) is 34.9 Å². The summed E-state index contributed by atoms with van der Waals surface area (Å²) in [4.78, 5) is 14.5. The van der Waals surface area contributed by atoms with Gasteiger partial charge in [0.1, 0.15) is 17.1 Å². The predicted molar refractivity (Wildman–Crippen MR) is 89.1 cm³/mol. The van der Waals surface area contributed by atoms with Gasteiger partial charge in [-0.2, -0.15) is 13.8 Å². The number of fused-ring (bicyclic) bond motifs is 1. The Balaban J connectivity index is 1.43. The van der Waals surface area contributed by atoms with Crippen molar-refractivity contribution in [2.45, 2.75) is 19.4 Å². The Morgan fingerprint density at radius 1 is 1.21 bits per heavy atom. The summed E-state index contributed by atoms with van der Waals surface area (Å²) in [7, 11) is 0. The second kappa shape index (κ2) is 6.12. The molecule has 1 amide bonds. The highest BCUT2D eigenvalue weighted by molar-refractivity contribution is 7.00. The molecule has 7 nitrogen and oxygen atoms in total. The molecule has 2 aromatic heterocycles. The number of rotatable bonds is 3. The van der Waals surface area contributed by atoms with Gasteiger partial charge in [0.15, 0.2) is 0 Å². The van der Waals surface area contributed by atoms with Crippen LogP contribution in [0.2, 0.25) is 0 Å². The van der Waals surface area contributed by atoms with Crippen LogP contribution in [0.3, 0.4) is 0 Å². The standard InChI is InChI=1S/C16H15N5O2S/c1-10-2-5-15(18-17-10)23-12-6-7-21(9-12)16(22)11-3-4-13-14(8-11)20-24-19-13/h2-5,8,12H,6-7,9H2,1H3. The van der Waals surface area contributed by atoms with E-state index in [1.54, 1.807) is 23.1 Å². The summed E-state index contributed by atoms with van der Waals surface area (Å²) in [5, 5.41) is 7.99. The van der Waals surface area contributed by atoms with Crippen LogP contribution in [0.4, 0.5) is 0 Å². The van der Waals surface area contributed by atoms with Crippen molar-refractivity contribution in [1.82, 2.24) is 23.8 Å². The van der Waals surface area contributed by atoms with Crippen molar-refractivity contribution in [3.63, 3.8) is 0 Å². The van der Waals surface area contributed by atoms with Crippen molar-refractivity contribution >= 4 is 28.7 Å². The van der Waals surface area contributed by atoms with E-state index in [4.69, 9.17) is 4.74 Å². The molecule has 1 atom stereocenters. The smallest absolute Gasteiger partial charge is 0.254 e. The number of ether oxygens (including phenoxy) is 1. The normalized spacial score (nSPS) is 17.4. The molecular weight excluding hydrogens is 326 g/mol. The highest BCUT2D eigenvalue weighted by Gasteiger charge is 2.28. The maximum atomic E-state index is 12.7. The largest absolute Gasteiger partial charge is 0.471 e. The molecule has 0 radical (unpaired) electrons. The molecule has 1 aromatic carbocycles. The predicted octanol–water partition coefficient (Wildman–Crippen LogP) is 2.08. The number of nitrogens with zero attached hydrogens (tertiary/aromatic N) is 5. The number of aryl methyl sites for hydroxylation is 1. The molecular formula is C16H15N5O2S. The Morgan fingerprint density at radius 3 is 2.92 bits per heavy atom. The third kappa shape index (κ3) is 2.92. The van der Waals surface area contributed by atoms with Gasteiger partial charge in [0.25, 0.3) is 5.91 Å². The molecule has 3 heterocycles. The molecule has 0 N–H and O–H groups in total. The molecule has 1 saturated heterocycles. The summed E-state index contributed by atoms with van der Waals surface area (Å²) >= 11 is 1.15. The maximum absolute atomic E-state index is 12.7. The molecule has 0 spiro atoms. The topological polar surface area (TPSA) is 81.1 Å². The van der Waals surface area contributed by atoms with E-state index in [-0.39, 0.29) is 12.0 Å². The lowest BCUT2D eigenvalue weighted by Crippen LogP contribution is -2.31. The molecule has 1 aliphatic rings. The molecule has 0 aliphatic carbocycles. The maximum Gasteiger partial charge on any atom is 0.254 e. The van der Waals surface area contributed by atoms with Crippen molar-refractivity contribution in [3.05, 3.63) is 41.6 Å². The summed E-state index contributed by atoms with van der Waals surface area (Å²) < 4.78 is 14.2. The van der Waals surface area contributed by atoms with Crippen LogP contribution < -0.4 is 4.74 Å². The minimum absolute atomic E-state index is 0.00834. The van der Waals surface area contributed by atoms with Crippen molar-refractivity contribution in [2.75, 3.05) is 13.1 Å². The number of amides is 1. The lowest BCUT2D eigenvalue weighted by molar-refractivity contribution is 0.0771. The highest BCUT2D eigenvalue weighted by Crippen LogP contribution is 2.20. The molecule has 0 bridgehead atoms. The third-order valence-corrected chi connectivity index (χ3v) is 4.55. The SMILES string of the molecule is Cc1ccc(OC2CCN(C(=O)c3ccc4nsnc4c3)C2)nn1. The number of hydrogen-bond donors (Lipinski definition) is 0. The van der Waals surface area contributed by atoms with Gasteiger partial charge in [0.05, 0.1) is 24.0 Å². The van der Waals surface area contributed by atoms with Crippen molar-refractivity contribution in [3.8, 4) is 5.88 Å². The molecule has 3 aromatic rings. The summed E-state index contributed by atoms with van der Waals surface area (Å²) in [6.45, 7) is 3.08. The van der Waals surface area contributed by atoms with Gasteiger partial charge in [-0.1, -0.05) is 0 Å². The lowest BCUT2D eigenvalue weighted by Gasteiger charge is -2.17. The van der Waals surface area contributed by atoms with E-state index in [1.807, 2.05) is 19.1 Å². The first-order chi connectivity index (χ1) is 11.7. The van der Waals surface area contributed by atoms with Crippen molar-refractivity contribution < 1.29 is 9.53 Å². The van der Waals surface area contributed by atoms with Crippen LogP contribution in [0.25, 0.3) is 11.0 Å². The first-order valence-electron chi connectivity index (χ1n) is 7.67. The average Bonchev–Trinajstić information content (AvgIpc) is 3.24. The lowest BCUT2D eigenvalue weighted by atomic mass is 10.2. The quantitative estimate of drug-likeness (QED) is 0.725. The number of carbonyl (C=O) groups is 1. The molecule has 1 aliphatic heterocycles. The summed E-state index contributed by atoms with van der Waals surface area (Å²) in [5.41, 5.74) is 3.05. The van der Waals surface area contributed by atoms with Crippen LogP contribution in [0.5, 0.6) is 5.88 Å². The minimum Gasteiger partial charge on any atom is -0.471 e. The summed E-state index contributed by atoms with van der Waals surface area (Å²) in [6.07, 6.45) is 0.720. The van der Waals surface area contributed by atoms with Gasteiger partial charge in [-0.15, -0.1) is 5.10 Å². The van der Waals surface area contributed by atoms with Crippen LogP contribution in [-0.2, 0) is 0 Å². The fourth-order valence-electron chi connectivity index (χ4n) is 2.73. The minimum atomic E-state index is -0.0596. The summed E-state index contributed by atoms with van der Waals surface area (Å²) in [6, 6.07) is 9.08. The van der Waals surface area contributed by atoms with Gasteiger partial charge in [-0.3, -0.25) is 4.79 Å². The molecule has 0 saturated carbocycles. The number of hydrogen-bond acceptors (Lipinski definition) is 7. The zero-order valence-electron chi connectivity index (χ0n) is 13.0. The van der Waals surface area contributed by atoms with Gasteiger partial charge in [0, 0.05) is 24.6 Å². The van der Waals surface area contributed by atoms with E-state index < -0.39 is 0 Å². The number of likely N-dealkylation sites (tertiary alicyclic amines) is 1. The van der Waals surface area contributed by atoms with Crippen LogP contribution >= 0.6 is 11.7 Å². The number of benzene rings is 1. The first kappa shape index (κ1) is 14.9. The first-order valence-corrected chi connectivity index (χ1v) is 8.41. The third-order valence-electron chi connectivity index (χ3n) is 3.99. The van der Waals surface area contributed by atoms with Crippen LogP contribution in [-0.4, -0.2) is 48.9 Å². The fourth-order valence-corrected chi connectivity index (χ4v) is 3.24. The van der Waals surface area contributed by atoms with E-state index in [0.29, 0.717) is 24.5 Å². The second-order valence-electron chi connectivity index (χ2n) is 5.76. The zero-order valence-corrected chi connectivity index (χ0v) is 13.9. The van der Waals surface area contributed by atoms with E-state index in [2.05, 4.69) is 18.9 Å². The number of aromatic nitrogens is 4. The Morgan fingerprint density at radius 2 is 2.08 bits per heavy atom. The molecule has 1 fully saturated rings. The number of carbonyl (C=O) groups excluding carboxylic acids is 1. The zero-order chi connectivity index (χ0) is 16.5. The van der Waals surface area contributed by atoms with Crippen LogP contribution in [0, 0.1) is 6.92 Å². The van der Waals surface area contributed by atoms with E-state index in [9.17, 15) is 4.79 Å². The van der Waals surface area contributed by atoms with Gasteiger partial charge < -0.3 is 9.64 Å². The average molecular weight is 341 g/mol. The monoisotopic (exact) mass is 341 g/mol. The molecule has 122 valence electrons. The second-order valence-corrected chi connectivity index (χ2v) is 6.29. The highest BCUT2D eigenvalue weighted by atomic mass is 32.1. The molecule has 1 unspecified atom stereocenters. The Bertz CT molecular complexity index is 880. The van der Waals surface area contributed by atoms with Gasteiger partial charge >= 0.3 is 0 Å². The Kier molecular flexibility index (Phi) is 3.81. The van der Waals surface area contributed by atoms with Gasteiger partial charge in [0.2, 0.25) is 5.88 Å². The van der Waals surface area contributed by atoms with E-state index in [1.165, 1.54) is 0 Å². The van der Waals surface area contributed by atoms with Gasteiger partial charge in [-0.25, -0.2) is 0 Å². The van der Waals surface area contributed by atoms with Gasteiger partial charge in [-0.05, 0) is 31.2 Å². The Labute approximate surface area is 142 Å². The van der Waals surface area contributed by atoms with Crippen molar-refractivity contribution in [2.24, 2.45) is 0 Å². The fraction of sp³-hybridized carbons (Fsp3) is 0.312. The summed E-state index contributed by atoms with van der Waals surface area (Å²) in [5.74, 6) is 0.487. The van der Waals surface area contributed by atoms with Crippen LogP contribution in [0.1, 0.15) is 22.5 Å². The van der Waals surface area contributed by atoms with E-state index >= 15 is 0 Å². The Hall–Kier alpha value is -2.61. The molecule has 24 heavy (non-hydrogen) atoms.